The van der Waals surface area contributed by atoms with E-state index in [1.807, 2.05) is 18.2 Å². The summed E-state index contributed by atoms with van der Waals surface area (Å²) in [5.41, 5.74) is 13.9. The van der Waals surface area contributed by atoms with E-state index in [1.165, 1.54) is 10.8 Å². The Morgan fingerprint density at radius 3 is 1.47 bits per heavy atom. The molecular weight excluding hydrogens is 729 g/mol. The van der Waals surface area contributed by atoms with Crippen LogP contribution in [-0.4, -0.2) is 19.9 Å². The molecule has 4 heteroatoms. The summed E-state index contributed by atoms with van der Waals surface area (Å²) in [5.74, 6) is 0. The minimum Gasteiger partial charge on any atom is -0.247 e. The van der Waals surface area contributed by atoms with Crippen molar-refractivity contribution in [3.63, 3.8) is 0 Å². The van der Waals surface area contributed by atoms with Crippen molar-refractivity contribution in [2.24, 2.45) is 0 Å². The number of aromatic nitrogens is 4. The Morgan fingerprint density at radius 2 is 0.733 bits per heavy atom. The molecule has 12 rings (SSSR count). The van der Waals surface area contributed by atoms with Crippen LogP contribution >= 0.6 is 0 Å². The Kier molecular flexibility index (Phi) is 7.82. The molecular formula is C56H34N4. The molecule has 0 N–H and O–H groups in total. The van der Waals surface area contributed by atoms with Crippen LogP contribution in [0.1, 0.15) is 0 Å². The normalized spacial score (nSPS) is 11.7. The van der Waals surface area contributed by atoms with E-state index in [-0.39, 0.29) is 0 Å². The predicted molar refractivity (Wildman–Crippen MR) is 250 cm³/mol. The molecule has 0 saturated carbocycles. The summed E-state index contributed by atoms with van der Waals surface area (Å²) in [5, 5.41) is 8.92. The van der Waals surface area contributed by atoms with Gasteiger partial charge >= 0.3 is 0 Å². The number of hydrogen-bond donors (Lipinski definition) is 0. The third-order valence-corrected chi connectivity index (χ3v) is 11.8. The molecule has 0 aliphatic rings. The number of pyridine rings is 4. The third kappa shape index (κ3) is 5.77. The number of rotatable bonds is 5. The lowest BCUT2D eigenvalue weighted by Gasteiger charge is -2.14. The summed E-state index contributed by atoms with van der Waals surface area (Å²) in [7, 11) is 0. The van der Waals surface area contributed by atoms with Gasteiger partial charge in [0.1, 0.15) is 0 Å². The van der Waals surface area contributed by atoms with Crippen molar-refractivity contribution in [2.75, 3.05) is 0 Å². The first kappa shape index (κ1) is 34.0. The molecule has 0 aliphatic carbocycles. The molecule has 0 saturated heterocycles. The van der Waals surface area contributed by atoms with Gasteiger partial charge in [-0.2, -0.15) is 0 Å². The van der Waals surface area contributed by atoms with Crippen LogP contribution in [0.4, 0.5) is 0 Å². The van der Waals surface area contributed by atoms with Crippen molar-refractivity contribution in [3.05, 3.63) is 206 Å². The van der Waals surface area contributed by atoms with Crippen molar-refractivity contribution in [1.82, 2.24) is 19.9 Å². The third-order valence-electron chi connectivity index (χ3n) is 11.8. The van der Waals surface area contributed by atoms with E-state index in [9.17, 15) is 0 Å². The lowest BCUT2D eigenvalue weighted by Crippen LogP contribution is -1.94. The number of fused-ring (bicyclic) bond motifs is 9. The summed E-state index contributed by atoms with van der Waals surface area (Å²) in [6, 6.07) is 72.6. The maximum atomic E-state index is 5.47. The van der Waals surface area contributed by atoms with Crippen LogP contribution in [0.25, 0.3) is 121 Å². The summed E-state index contributed by atoms with van der Waals surface area (Å²) >= 11 is 0. The molecule has 60 heavy (non-hydrogen) atoms. The quantitative estimate of drug-likeness (QED) is 0.164. The van der Waals surface area contributed by atoms with E-state index in [2.05, 4.69) is 188 Å². The van der Waals surface area contributed by atoms with E-state index in [0.29, 0.717) is 0 Å². The molecule has 0 unspecified atom stereocenters. The zero-order valence-corrected chi connectivity index (χ0v) is 32.4. The average Bonchev–Trinajstić information content (AvgIpc) is 3.33. The smallest absolute Gasteiger partial charge is 0.0972 e. The van der Waals surface area contributed by atoms with Gasteiger partial charge in [0.25, 0.3) is 0 Å². The molecule has 0 spiro atoms. The van der Waals surface area contributed by atoms with Gasteiger partial charge in [0.15, 0.2) is 0 Å². The van der Waals surface area contributed by atoms with Crippen LogP contribution in [0.5, 0.6) is 0 Å². The Balaban J connectivity index is 0.985. The van der Waals surface area contributed by atoms with Gasteiger partial charge in [-0.1, -0.05) is 170 Å². The van der Waals surface area contributed by atoms with Crippen LogP contribution in [0.3, 0.4) is 0 Å². The van der Waals surface area contributed by atoms with E-state index in [4.69, 9.17) is 19.9 Å². The summed E-state index contributed by atoms with van der Waals surface area (Å²) in [6.07, 6.45) is 0. The van der Waals surface area contributed by atoms with Gasteiger partial charge in [-0.25, -0.2) is 19.9 Å². The fraction of sp³-hybridized carbons (Fsp3) is 0. The maximum absolute atomic E-state index is 5.47. The minimum absolute atomic E-state index is 0.898. The minimum atomic E-state index is 0.898. The SMILES string of the molecule is c1ccc(-c2ccc3ccc4ccc(-c5cccc(-c6ccc7c(c6)nc(-c6ccccc6)c6c7ccc7ccc(-c8ccc9ccccc9c8)nc76)c5)nc4c3n2)cc1. The molecule has 8 aromatic carbocycles. The summed E-state index contributed by atoms with van der Waals surface area (Å²) in [4.78, 5) is 21.2. The van der Waals surface area contributed by atoms with Crippen LogP contribution in [0.2, 0.25) is 0 Å². The Morgan fingerprint density at radius 1 is 0.250 bits per heavy atom. The van der Waals surface area contributed by atoms with Gasteiger partial charge in [-0.05, 0) is 63.7 Å². The first-order valence-electron chi connectivity index (χ1n) is 20.3. The van der Waals surface area contributed by atoms with Crippen LogP contribution in [-0.2, 0) is 0 Å². The van der Waals surface area contributed by atoms with Crippen LogP contribution in [0.15, 0.2) is 206 Å². The van der Waals surface area contributed by atoms with Gasteiger partial charge in [0.2, 0.25) is 0 Å². The largest absolute Gasteiger partial charge is 0.247 e. The van der Waals surface area contributed by atoms with Crippen molar-refractivity contribution in [3.8, 4) is 56.2 Å². The molecule has 4 nitrogen and oxygen atoms in total. The zero-order valence-electron chi connectivity index (χ0n) is 32.4. The van der Waals surface area contributed by atoms with Gasteiger partial charge in [0.05, 0.1) is 44.8 Å². The molecule has 4 heterocycles. The highest BCUT2D eigenvalue weighted by atomic mass is 14.8. The number of benzene rings is 8. The van der Waals surface area contributed by atoms with E-state index in [0.717, 1.165) is 111 Å². The average molecular weight is 763 g/mol. The van der Waals surface area contributed by atoms with Gasteiger partial charge in [0, 0.05) is 49.2 Å². The summed E-state index contributed by atoms with van der Waals surface area (Å²) < 4.78 is 0. The fourth-order valence-corrected chi connectivity index (χ4v) is 8.73. The molecule has 0 radical (unpaired) electrons. The van der Waals surface area contributed by atoms with E-state index >= 15 is 0 Å². The van der Waals surface area contributed by atoms with Crippen molar-refractivity contribution in [1.29, 1.82) is 0 Å². The van der Waals surface area contributed by atoms with Crippen LogP contribution in [0, 0.1) is 0 Å². The Bertz CT molecular complexity index is 3650. The number of nitrogens with zero attached hydrogens (tertiary/aromatic N) is 4. The highest BCUT2D eigenvalue weighted by Gasteiger charge is 2.17. The highest BCUT2D eigenvalue weighted by Crippen LogP contribution is 2.39. The molecule has 12 aromatic rings. The lowest BCUT2D eigenvalue weighted by atomic mass is 9.95. The van der Waals surface area contributed by atoms with Gasteiger partial charge in [-0.3, -0.25) is 0 Å². The molecule has 0 fully saturated rings. The van der Waals surface area contributed by atoms with Gasteiger partial charge in [-0.15, -0.1) is 0 Å². The highest BCUT2D eigenvalue weighted by molar-refractivity contribution is 6.20. The van der Waals surface area contributed by atoms with Crippen molar-refractivity contribution < 1.29 is 0 Å². The summed E-state index contributed by atoms with van der Waals surface area (Å²) in [6.45, 7) is 0. The molecule has 278 valence electrons. The molecule has 0 amide bonds. The second-order valence-electron chi connectivity index (χ2n) is 15.4. The molecule has 4 aromatic heterocycles. The Hall–Kier alpha value is -8.08. The maximum Gasteiger partial charge on any atom is 0.0972 e. The van der Waals surface area contributed by atoms with Gasteiger partial charge < -0.3 is 0 Å². The second kappa shape index (κ2) is 13.8. The lowest BCUT2D eigenvalue weighted by molar-refractivity contribution is 1.36. The monoisotopic (exact) mass is 762 g/mol. The molecule has 0 aliphatic heterocycles. The molecule has 0 bridgehead atoms. The topological polar surface area (TPSA) is 51.6 Å². The second-order valence-corrected chi connectivity index (χ2v) is 15.4. The Labute approximate surface area is 346 Å². The van der Waals surface area contributed by atoms with Crippen LogP contribution < -0.4 is 0 Å². The van der Waals surface area contributed by atoms with E-state index in [1.54, 1.807) is 0 Å². The zero-order chi connectivity index (χ0) is 39.6. The first-order chi connectivity index (χ1) is 29.7. The first-order valence-corrected chi connectivity index (χ1v) is 20.3. The fourth-order valence-electron chi connectivity index (χ4n) is 8.73. The van der Waals surface area contributed by atoms with Crippen molar-refractivity contribution >= 4 is 65.2 Å². The van der Waals surface area contributed by atoms with Crippen molar-refractivity contribution in [2.45, 2.75) is 0 Å². The van der Waals surface area contributed by atoms with E-state index < -0.39 is 0 Å². The number of hydrogen-bond acceptors (Lipinski definition) is 4. The predicted octanol–water partition coefficient (Wildman–Crippen LogP) is 14.5. The standard InChI is InChI=1S/C56H34N4/c1-3-11-36(12-4-1)48-29-25-39-19-20-40-26-31-49(59-56(40)55(39)58-48)44-17-9-16-42(33-44)43-23-27-46-47-28-22-38-24-30-50(45-21-18-35-10-7-8-15-41(35)32-45)57-54(38)52(47)53(60-51(46)34-43)37-13-5-2-6-14-37/h1-34H. The molecule has 0 atom stereocenters.